The van der Waals surface area contributed by atoms with Gasteiger partial charge in [0.25, 0.3) is 0 Å². The summed E-state index contributed by atoms with van der Waals surface area (Å²) in [5.41, 5.74) is 0.968. The Labute approximate surface area is 99.2 Å². The Morgan fingerprint density at radius 1 is 1.59 bits per heavy atom. The number of H-pyrrole nitrogens is 1. The van der Waals surface area contributed by atoms with Crippen LogP contribution in [0.3, 0.4) is 0 Å². The van der Waals surface area contributed by atoms with Gasteiger partial charge >= 0.3 is 0 Å². The van der Waals surface area contributed by atoms with Crippen molar-refractivity contribution in [2.45, 2.75) is 38.6 Å². The van der Waals surface area contributed by atoms with E-state index in [-0.39, 0.29) is 11.8 Å². The van der Waals surface area contributed by atoms with Crippen molar-refractivity contribution >= 4 is 17.6 Å². The maximum absolute atomic E-state index is 11.8. The zero-order valence-corrected chi connectivity index (χ0v) is 9.91. The number of aromatic amines is 1. The van der Waals surface area contributed by atoms with Crippen LogP contribution in [0.1, 0.15) is 38.3 Å². The van der Waals surface area contributed by atoms with Crippen molar-refractivity contribution in [3.05, 3.63) is 11.8 Å². The topological polar surface area (TPSA) is 86.9 Å². The first-order valence-electron chi connectivity index (χ1n) is 5.72. The van der Waals surface area contributed by atoms with Gasteiger partial charge < -0.3 is 10.6 Å². The van der Waals surface area contributed by atoms with Crippen molar-refractivity contribution in [1.29, 1.82) is 0 Å². The fourth-order valence-electron chi connectivity index (χ4n) is 1.72. The quantitative estimate of drug-likeness (QED) is 0.723. The van der Waals surface area contributed by atoms with Gasteiger partial charge in [0.1, 0.15) is 6.04 Å². The number of hydrogen-bond acceptors (Lipinski definition) is 3. The summed E-state index contributed by atoms with van der Waals surface area (Å²) in [6.45, 7) is 4.08. The van der Waals surface area contributed by atoms with Crippen molar-refractivity contribution in [3.8, 4) is 0 Å². The predicted octanol–water partition coefficient (Wildman–Crippen LogP) is 0.750. The zero-order chi connectivity index (χ0) is 12.4. The molecular weight excluding hydrogens is 220 g/mol. The number of hydrogen-bond donors (Lipinski definition) is 3. The van der Waals surface area contributed by atoms with Crippen LogP contribution in [-0.4, -0.2) is 28.1 Å². The molecule has 1 fully saturated rings. The van der Waals surface area contributed by atoms with Crippen LogP contribution in [0.5, 0.6) is 0 Å². The first-order valence-corrected chi connectivity index (χ1v) is 5.72. The van der Waals surface area contributed by atoms with Gasteiger partial charge in [0.15, 0.2) is 5.82 Å². The van der Waals surface area contributed by atoms with Crippen molar-refractivity contribution in [1.82, 2.24) is 15.5 Å². The van der Waals surface area contributed by atoms with Crippen LogP contribution in [0.4, 0.5) is 5.82 Å². The highest BCUT2D eigenvalue weighted by Gasteiger charge is 2.27. The van der Waals surface area contributed by atoms with E-state index in [1.165, 1.54) is 0 Å². The summed E-state index contributed by atoms with van der Waals surface area (Å²) in [5, 5.41) is 12.2. The third-order valence-corrected chi connectivity index (χ3v) is 2.78. The van der Waals surface area contributed by atoms with E-state index >= 15 is 0 Å². The Morgan fingerprint density at radius 3 is 2.88 bits per heavy atom. The second-order valence-electron chi connectivity index (χ2n) is 4.51. The van der Waals surface area contributed by atoms with Gasteiger partial charge in [-0.3, -0.25) is 14.7 Å². The molecule has 1 atom stereocenters. The highest BCUT2D eigenvalue weighted by Crippen LogP contribution is 2.15. The molecular formula is C11H16N4O2. The molecule has 0 unspecified atom stereocenters. The summed E-state index contributed by atoms with van der Waals surface area (Å²) in [6.07, 6.45) is 0.960. The minimum atomic E-state index is -0.429. The zero-order valence-electron chi connectivity index (χ0n) is 9.91. The van der Waals surface area contributed by atoms with Crippen molar-refractivity contribution in [2.24, 2.45) is 0 Å². The number of nitrogens with one attached hydrogen (secondary N) is 3. The number of aromatic nitrogens is 2. The molecule has 1 aromatic heterocycles. The number of carbonyl (C=O) groups is 2. The number of nitrogens with zero attached hydrogens (tertiary/aromatic N) is 1. The van der Waals surface area contributed by atoms with Gasteiger partial charge in [-0.1, -0.05) is 13.8 Å². The Bertz CT molecular complexity index is 438. The molecule has 1 aromatic rings. The predicted molar refractivity (Wildman–Crippen MR) is 62.5 cm³/mol. The molecule has 0 saturated carbocycles. The molecule has 0 aliphatic carbocycles. The summed E-state index contributed by atoms with van der Waals surface area (Å²) < 4.78 is 0. The van der Waals surface area contributed by atoms with Crippen LogP contribution in [0.25, 0.3) is 0 Å². The van der Waals surface area contributed by atoms with Gasteiger partial charge in [0.05, 0.1) is 0 Å². The summed E-state index contributed by atoms with van der Waals surface area (Å²) in [7, 11) is 0. The molecule has 0 aromatic carbocycles. The third-order valence-electron chi connectivity index (χ3n) is 2.78. The average molecular weight is 236 g/mol. The maximum atomic E-state index is 11.8. The lowest BCUT2D eigenvalue weighted by molar-refractivity contribution is -0.122. The Hall–Kier alpha value is -1.85. The molecule has 0 radical (unpaired) electrons. The van der Waals surface area contributed by atoms with Crippen LogP contribution >= 0.6 is 0 Å². The van der Waals surface area contributed by atoms with Crippen LogP contribution in [0.2, 0.25) is 0 Å². The van der Waals surface area contributed by atoms with Crippen LogP contribution in [0.15, 0.2) is 6.07 Å². The summed E-state index contributed by atoms with van der Waals surface area (Å²) >= 11 is 0. The van der Waals surface area contributed by atoms with Crippen LogP contribution < -0.4 is 10.6 Å². The SMILES string of the molecule is CC(C)c1cc(NC(=O)[C@H]2CCC(=O)N2)n[nH]1. The Kier molecular flexibility index (Phi) is 3.12. The summed E-state index contributed by atoms with van der Waals surface area (Å²) in [4.78, 5) is 22.8. The lowest BCUT2D eigenvalue weighted by atomic mass is 10.1. The lowest BCUT2D eigenvalue weighted by Gasteiger charge is -2.08. The standard InChI is InChI=1S/C11H16N4O2/c1-6(2)8-5-9(15-14-8)13-11(17)7-3-4-10(16)12-7/h5-7H,3-4H2,1-2H3,(H,12,16)(H2,13,14,15,17)/t7-/m1/s1. The molecule has 6 heteroatoms. The van der Waals surface area contributed by atoms with E-state index in [0.29, 0.717) is 24.6 Å². The molecule has 17 heavy (non-hydrogen) atoms. The highest BCUT2D eigenvalue weighted by molar-refractivity contribution is 5.98. The second-order valence-corrected chi connectivity index (χ2v) is 4.51. The molecule has 1 aliphatic rings. The van der Waals surface area contributed by atoms with E-state index in [9.17, 15) is 9.59 Å². The summed E-state index contributed by atoms with van der Waals surface area (Å²) in [5.74, 6) is 0.548. The van der Waals surface area contributed by atoms with E-state index in [4.69, 9.17) is 0 Å². The molecule has 2 amide bonds. The van der Waals surface area contributed by atoms with Gasteiger partial charge in [-0.15, -0.1) is 0 Å². The molecule has 3 N–H and O–H groups in total. The van der Waals surface area contributed by atoms with Gasteiger partial charge in [-0.05, 0) is 12.3 Å². The fraction of sp³-hybridized carbons (Fsp3) is 0.545. The minimum absolute atomic E-state index is 0.0740. The van der Waals surface area contributed by atoms with Gasteiger partial charge in [-0.25, -0.2) is 0 Å². The van der Waals surface area contributed by atoms with Gasteiger partial charge in [-0.2, -0.15) is 5.10 Å². The second kappa shape index (κ2) is 4.57. The maximum Gasteiger partial charge on any atom is 0.248 e. The summed E-state index contributed by atoms with van der Waals surface area (Å²) in [6, 6.07) is 1.38. The van der Waals surface area contributed by atoms with Crippen molar-refractivity contribution in [2.75, 3.05) is 5.32 Å². The number of rotatable bonds is 3. The first-order chi connectivity index (χ1) is 8.06. The molecule has 0 bridgehead atoms. The van der Waals surface area contributed by atoms with E-state index < -0.39 is 6.04 Å². The van der Waals surface area contributed by atoms with E-state index in [2.05, 4.69) is 20.8 Å². The molecule has 1 aliphatic heterocycles. The molecule has 2 rings (SSSR count). The normalized spacial score (nSPS) is 19.5. The number of anilines is 1. The lowest BCUT2D eigenvalue weighted by Crippen LogP contribution is -2.37. The average Bonchev–Trinajstić information content (AvgIpc) is 2.86. The number of carbonyl (C=O) groups excluding carboxylic acids is 2. The van der Waals surface area contributed by atoms with E-state index in [0.717, 1.165) is 5.69 Å². The molecule has 1 saturated heterocycles. The third kappa shape index (κ3) is 2.64. The van der Waals surface area contributed by atoms with Crippen molar-refractivity contribution < 1.29 is 9.59 Å². The Morgan fingerprint density at radius 2 is 2.35 bits per heavy atom. The highest BCUT2D eigenvalue weighted by atomic mass is 16.2. The van der Waals surface area contributed by atoms with E-state index in [1.807, 2.05) is 13.8 Å². The minimum Gasteiger partial charge on any atom is -0.344 e. The van der Waals surface area contributed by atoms with Crippen molar-refractivity contribution in [3.63, 3.8) is 0 Å². The molecule has 92 valence electrons. The Balaban J connectivity index is 1.96. The molecule has 6 nitrogen and oxygen atoms in total. The largest absolute Gasteiger partial charge is 0.344 e. The van der Waals surface area contributed by atoms with Crippen LogP contribution in [0, 0.1) is 0 Å². The monoisotopic (exact) mass is 236 g/mol. The van der Waals surface area contributed by atoms with Crippen LogP contribution in [-0.2, 0) is 9.59 Å². The smallest absolute Gasteiger partial charge is 0.248 e. The van der Waals surface area contributed by atoms with E-state index in [1.54, 1.807) is 6.07 Å². The molecule has 2 heterocycles. The van der Waals surface area contributed by atoms with Gasteiger partial charge in [0.2, 0.25) is 11.8 Å². The fourth-order valence-corrected chi connectivity index (χ4v) is 1.72. The number of amides is 2. The molecule has 0 spiro atoms. The first kappa shape index (κ1) is 11.6. The van der Waals surface area contributed by atoms with Gasteiger partial charge in [0, 0.05) is 18.2 Å².